The summed E-state index contributed by atoms with van der Waals surface area (Å²) >= 11 is 0. The maximum absolute atomic E-state index is 13.4. The zero-order valence-corrected chi connectivity index (χ0v) is 10.9. The third-order valence-corrected chi connectivity index (χ3v) is 3.54. The second-order valence-electron chi connectivity index (χ2n) is 5.02. The standard InChI is InChI=1S/C14H20FNO2/c1-9-3-5-10(6-4-9)18-14-8-13(17-2)11(15)7-12(14)16/h7-10H,3-6,16H2,1-2H3. The predicted octanol–water partition coefficient (Wildman–Crippen LogP) is 3.37. The molecule has 0 unspecified atom stereocenters. The molecule has 0 spiro atoms. The van der Waals surface area contributed by atoms with Crippen LogP contribution in [0.1, 0.15) is 32.6 Å². The third kappa shape index (κ3) is 2.86. The Kier molecular flexibility index (Phi) is 3.94. The first kappa shape index (κ1) is 13.0. The number of ether oxygens (including phenoxy) is 2. The zero-order valence-electron chi connectivity index (χ0n) is 10.9. The molecule has 0 aromatic heterocycles. The number of benzene rings is 1. The quantitative estimate of drug-likeness (QED) is 0.840. The summed E-state index contributed by atoms with van der Waals surface area (Å²) in [7, 11) is 1.43. The number of nitrogens with two attached hydrogens (primary N) is 1. The van der Waals surface area contributed by atoms with Crippen LogP contribution in [0.4, 0.5) is 10.1 Å². The average Bonchev–Trinajstić information content (AvgIpc) is 2.35. The van der Waals surface area contributed by atoms with Crippen LogP contribution >= 0.6 is 0 Å². The number of rotatable bonds is 3. The Morgan fingerprint density at radius 1 is 1.17 bits per heavy atom. The number of methoxy groups -OCH3 is 1. The topological polar surface area (TPSA) is 44.5 Å². The summed E-state index contributed by atoms with van der Waals surface area (Å²) in [5.74, 6) is 1.00. The van der Waals surface area contributed by atoms with Gasteiger partial charge in [0, 0.05) is 12.1 Å². The fourth-order valence-corrected chi connectivity index (χ4v) is 2.34. The molecule has 1 aromatic carbocycles. The maximum atomic E-state index is 13.4. The lowest BCUT2D eigenvalue weighted by Crippen LogP contribution is -2.23. The molecule has 2 rings (SSSR count). The molecule has 3 nitrogen and oxygen atoms in total. The van der Waals surface area contributed by atoms with Gasteiger partial charge in [-0.05, 0) is 31.6 Å². The maximum Gasteiger partial charge on any atom is 0.167 e. The van der Waals surface area contributed by atoms with Crippen molar-refractivity contribution in [1.29, 1.82) is 0 Å². The van der Waals surface area contributed by atoms with Crippen LogP contribution in [0, 0.1) is 11.7 Å². The summed E-state index contributed by atoms with van der Waals surface area (Å²) in [6, 6.07) is 2.78. The summed E-state index contributed by atoms with van der Waals surface area (Å²) in [6.45, 7) is 2.26. The van der Waals surface area contributed by atoms with Crippen LogP contribution in [0.2, 0.25) is 0 Å². The second-order valence-corrected chi connectivity index (χ2v) is 5.02. The molecule has 1 aromatic rings. The Labute approximate surface area is 107 Å². The lowest BCUT2D eigenvalue weighted by molar-refractivity contribution is 0.136. The highest BCUT2D eigenvalue weighted by Crippen LogP contribution is 2.33. The van der Waals surface area contributed by atoms with Crippen molar-refractivity contribution in [2.45, 2.75) is 38.7 Å². The van der Waals surface area contributed by atoms with Gasteiger partial charge in [-0.2, -0.15) is 0 Å². The summed E-state index contributed by atoms with van der Waals surface area (Å²) in [4.78, 5) is 0. The molecular weight excluding hydrogens is 233 g/mol. The summed E-state index contributed by atoms with van der Waals surface area (Å²) in [5, 5.41) is 0. The van der Waals surface area contributed by atoms with Crippen LogP contribution in [0.25, 0.3) is 0 Å². The highest BCUT2D eigenvalue weighted by atomic mass is 19.1. The van der Waals surface area contributed by atoms with E-state index in [4.69, 9.17) is 15.2 Å². The number of nitrogen functional groups attached to an aromatic ring is 1. The second kappa shape index (κ2) is 5.46. The van der Waals surface area contributed by atoms with Gasteiger partial charge in [-0.3, -0.25) is 0 Å². The van der Waals surface area contributed by atoms with E-state index in [0.29, 0.717) is 11.4 Å². The molecule has 0 heterocycles. The Hall–Kier alpha value is -1.45. The fraction of sp³-hybridized carbons (Fsp3) is 0.571. The van der Waals surface area contributed by atoms with Crippen molar-refractivity contribution in [3.05, 3.63) is 17.9 Å². The number of hydrogen-bond donors (Lipinski definition) is 1. The van der Waals surface area contributed by atoms with Crippen molar-refractivity contribution in [2.24, 2.45) is 5.92 Å². The van der Waals surface area contributed by atoms with E-state index in [1.54, 1.807) is 0 Å². The molecule has 18 heavy (non-hydrogen) atoms. The lowest BCUT2D eigenvalue weighted by Gasteiger charge is -2.27. The van der Waals surface area contributed by atoms with Crippen LogP contribution in [-0.2, 0) is 0 Å². The molecule has 1 saturated carbocycles. The first-order valence-corrected chi connectivity index (χ1v) is 6.39. The van der Waals surface area contributed by atoms with E-state index in [1.807, 2.05) is 0 Å². The Balaban J connectivity index is 2.09. The third-order valence-electron chi connectivity index (χ3n) is 3.54. The largest absolute Gasteiger partial charge is 0.494 e. The van der Waals surface area contributed by atoms with E-state index >= 15 is 0 Å². The molecule has 0 saturated heterocycles. The normalized spacial score (nSPS) is 23.7. The van der Waals surface area contributed by atoms with Gasteiger partial charge < -0.3 is 15.2 Å². The fourth-order valence-electron chi connectivity index (χ4n) is 2.34. The van der Waals surface area contributed by atoms with Gasteiger partial charge in [0.05, 0.1) is 18.9 Å². The van der Waals surface area contributed by atoms with Crippen molar-refractivity contribution < 1.29 is 13.9 Å². The van der Waals surface area contributed by atoms with Crippen molar-refractivity contribution in [3.8, 4) is 11.5 Å². The molecule has 1 fully saturated rings. The van der Waals surface area contributed by atoms with E-state index in [9.17, 15) is 4.39 Å². The summed E-state index contributed by atoms with van der Waals surface area (Å²) in [6.07, 6.45) is 4.57. The summed E-state index contributed by atoms with van der Waals surface area (Å²) < 4.78 is 24.2. The zero-order chi connectivity index (χ0) is 13.1. The molecule has 1 aliphatic rings. The van der Waals surface area contributed by atoms with Crippen molar-refractivity contribution in [3.63, 3.8) is 0 Å². The minimum atomic E-state index is -0.459. The first-order chi connectivity index (χ1) is 8.60. The Bertz CT molecular complexity index is 415. The highest BCUT2D eigenvalue weighted by Gasteiger charge is 2.21. The van der Waals surface area contributed by atoms with Crippen molar-refractivity contribution in [2.75, 3.05) is 12.8 Å². The van der Waals surface area contributed by atoms with Gasteiger partial charge in [0.15, 0.2) is 11.6 Å². The van der Waals surface area contributed by atoms with Crippen molar-refractivity contribution >= 4 is 5.69 Å². The van der Waals surface area contributed by atoms with Gasteiger partial charge in [0.25, 0.3) is 0 Å². The smallest absolute Gasteiger partial charge is 0.167 e. The molecule has 0 amide bonds. The highest BCUT2D eigenvalue weighted by molar-refractivity contribution is 5.56. The van der Waals surface area contributed by atoms with Gasteiger partial charge >= 0.3 is 0 Å². The van der Waals surface area contributed by atoms with Crippen molar-refractivity contribution in [1.82, 2.24) is 0 Å². The molecule has 4 heteroatoms. The van der Waals surface area contributed by atoms with Gasteiger partial charge in [0.1, 0.15) is 5.75 Å². The molecule has 0 radical (unpaired) electrons. The SMILES string of the molecule is COc1cc(OC2CCC(C)CC2)c(N)cc1F. The lowest BCUT2D eigenvalue weighted by atomic mass is 9.89. The predicted molar refractivity (Wildman–Crippen MR) is 69.4 cm³/mol. The molecular formula is C14H20FNO2. The number of hydrogen-bond acceptors (Lipinski definition) is 3. The van der Waals surface area contributed by atoms with Gasteiger partial charge in [0.2, 0.25) is 0 Å². The van der Waals surface area contributed by atoms with Crippen LogP contribution < -0.4 is 15.2 Å². The molecule has 0 aliphatic heterocycles. The molecule has 0 bridgehead atoms. The van der Waals surface area contributed by atoms with Crippen LogP contribution in [0.3, 0.4) is 0 Å². The van der Waals surface area contributed by atoms with Crippen LogP contribution in [0.5, 0.6) is 11.5 Å². The monoisotopic (exact) mass is 253 g/mol. The summed E-state index contributed by atoms with van der Waals surface area (Å²) in [5.41, 5.74) is 6.09. The van der Waals surface area contributed by atoms with Gasteiger partial charge in [-0.25, -0.2) is 4.39 Å². The Morgan fingerprint density at radius 2 is 1.83 bits per heavy atom. The van der Waals surface area contributed by atoms with Gasteiger partial charge in [-0.15, -0.1) is 0 Å². The number of halogens is 1. The van der Waals surface area contributed by atoms with Gasteiger partial charge in [-0.1, -0.05) is 6.92 Å². The minimum Gasteiger partial charge on any atom is -0.494 e. The molecule has 2 N–H and O–H groups in total. The minimum absolute atomic E-state index is 0.170. The van der Waals surface area contributed by atoms with E-state index in [2.05, 4.69) is 6.92 Å². The molecule has 0 atom stereocenters. The average molecular weight is 253 g/mol. The number of anilines is 1. The first-order valence-electron chi connectivity index (χ1n) is 6.39. The molecule has 1 aliphatic carbocycles. The van der Waals surface area contributed by atoms with E-state index < -0.39 is 5.82 Å². The Morgan fingerprint density at radius 3 is 2.44 bits per heavy atom. The van der Waals surface area contributed by atoms with Crippen LogP contribution in [-0.4, -0.2) is 13.2 Å². The van der Waals surface area contributed by atoms with E-state index in [1.165, 1.54) is 32.1 Å². The van der Waals surface area contributed by atoms with E-state index in [0.717, 1.165) is 18.8 Å². The van der Waals surface area contributed by atoms with Crippen LogP contribution in [0.15, 0.2) is 12.1 Å². The molecule has 100 valence electrons. The van der Waals surface area contributed by atoms with E-state index in [-0.39, 0.29) is 11.9 Å².